The molecule has 142 valence electrons. The number of anilines is 1. The minimum atomic E-state index is -0.443. The lowest BCUT2D eigenvalue weighted by Gasteiger charge is -2.36. The Bertz CT molecular complexity index is 973. The molecule has 0 spiro atoms. The molecule has 2 aliphatic rings. The maximum atomic E-state index is 14.9. The van der Waals surface area contributed by atoms with Crippen LogP contribution in [-0.4, -0.2) is 47.8 Å². The Morgan fingerprint density at radius 3 is 2.52 bits per heavy atom. The molecule has 27 heavy (non-hydrogen) atoms. The molecule has 0 unspecified atom stereocenters. The number of aromatic nitrogens is 1. The fourth-order valence-corrected chi connectivity index (χ4v) is 3.81. The minimum absolute atomic E-state index is 0.0268. The highest BCUT2D eigenvalue weighted by atomic mass is 19.1. The number of benzene rings is 1. The number of piperazine rings is 1. The monoisotopic (exact) mass is 371 g/mol. The molecular weight excluding hydrogens is 349 g/mol. The van der Waals surface area contributed by atoms with E-state index < -0.39 is 5.82 Å². The SMILES string of the molecule is CC(=O)N1CCN(c2cc3c(cc2F)c(=O)c(CC=O)cn3C2CC2)CC1. The van der Waals surface area contributed by atoms with Crippen molar-refractivity contribution < 1.29 is 14.0 Å². The number of pyridine rings is 1. The van der Waals surface area contributed by atoms with E-state index in [1.165, 1.54) is 13.0 Å². The lowest BCUT2D eigenvalue weighted by molar-refractivity contribution is -0.129. The number of aldehydes is 1. The quantitative estimate of drug-likeness (QED) is 0.770. The third-order valence-electron chi connectivity index (χ3n) is 5.48. The summed E-state index contributed by atoms with van der Waals surface area (Å²) in [4.78, 5) is 38.8. The van der Waals surface area contributed by atoms with Crippen LogP contribution in [0, 0.1) is 5.82 Å². The Labute approximate surface area is 156 Å². The zero-order valence-corrected chi connectivity index (χ0v) is 15.3. The summed E-state index contributed by atoms with van der Waals surface area (Å²) >= 11 is 0. The van der Waals surface area contributed by atoms with Crippen LogP contribution in [-0.2, 0) is 16.0 Å². The van der Waals surface area contributed by atoms with Crippen LogP contribution in [0.5, 0.6) is 0 Å². The first-order valence-corrected chi connectivity index (χ1v) is 9.31. The molecular formula is C20H22FN3O3. The van der Waals surface area contributed by atoms with Gasteiger partial charge in [0.1, 0.15) is 12.1 Å². The average Bonchev–Trinajstić information content (AvgIpc) is 3.49. The summed E-state index contributed by atoms with van der Waals surface area (Å²) in [5, 5.41) is 0.324. The number of carbonyl (C=O) groups excluding carboxylic acids is 2. The Morgan fingerprint density at radius 1 is 1.22 bits per heavy atom. The van der Waals surface area contributed by atoms with E-state index in [1.807, 2.05) is 9.47 Å². The van der Waals surface area contributed by atoms with Gasteiger partial charge < -0.3 is 19.2 Å². The van der Waals surface area contributed by atoms with Crippen LogP contribution in [0.25, 0.3) is 10.9 Å². The molecule has 2 fully saturated rings. The fourth-order valence-electron chi connectivity index (χ4n) is 3.81. The minimum Gasteiger partial charge on any atom is -0.366 e. The average molecular weight is 371 g/mol. The second-order valence-electron chi connectivity index (χ2n) is 7.31. The van der Waals surface area contributed by atoms with Crippen LogP contribution in [0.1, 0.15) is 31.4 Å². The van der Waals surface area contributed by atoms with Gasteiger partial charge in [-0.05, 0) is 25.0 Å². The van der Waals surface area contributed by atoms with Crippen molar-refractivity contribution in [1.29, 1.82) is 0 Å². The van der Waals surface area contributed by atoms with Crippen LogP contribution < -0.4 is 10.3 Å². The number of fused-ring (bicyclic) bond motifs is 1. The van der Waals surface area contributed by atoms with E-state index in [0.29, 0.717) is 60.7 Å². The normalized spacial score (nSPS) is 17.4. The highest BCUT2D eigenvalue weighted by Gasteiger charge is 2.27. The lowest BCUT2D eigenvalue weighted by atomic mass is 10.1. The highest BCUT2D eigenvalue weighted by molar-refractivity contribution is 5.84. The maximum Gasteiger partial charge on any atom is 0.219 e. The van der Waals surface area contributed by atoms with E-state index in [2.05, 4.69) is 0 Å². The van der Waals surface area contributed by atoms with Crippen LogP contribution in [0.4, 0.5) is 10.1 Å². The first-order valence-electron chi connectivity index (χ1n) is 9.31. The molecule has 0 bridgehead atoms. The standard InChI is InChI=1S/C20H22FN3O3/c1-13(26)22-5-7-23(8-6-22)19-11-18-16(10-17(19)21)20(27)14(4-9-25)12-24(18)15-2-3-15/h9-12,15H,2-8H2,1H3. The van der Waals surface area contributed by atoms with Crippen molar-refractivity contribution in [2.75, 3.05) is 31.1 Å². The fraction of sp³-hybridized carbons (Fsp3) is 0.450. The zero-order chi connectivity index (χ0) is 19.1. The van der Waals surface area contributed by atoms with Crippen molar-refractivity contribution in [3.63, 3.8) is 0 Å². The van der Waals surface area contributed by atoms with Gasteiger partial charge in [0.05, 0.1) is 11.2 Å². The number of halogens is 1. The van der Waals surface area contributed by atoms with Crippen LogP contribution in [0.2, 0.25) is 0 Å². The van der Waals surface area contributed by atoms with Crippen molar-refractivity contribution >= 4 is 28.8 Å². The van der Waals surface area contributed by atoms with Gasteiger partial charge in [0.2, 0.25) is 5.91 Å². The molecule has 0 atom stereocenters. The van der Waals surface area contributed by atoms with Crippen molar-refractivity contribution in [2.45, 2.75) is 32.2 Å². The number of hydrogen-bond donors (Lipinski definition) is 0. The molecule has 0 N–H and O–H groups in total. The van der Waals surface area contributed by atoms with E-state index in [-0.39, 0.29) is 17.8 Å². The first-order chi connectivity index (χ1) is 13.0. The van der Waals surface area contributed by atoms with Gasteiger partial charge in [0, 0.05) is 62.7 Å². The smallest absolute Gasteiger partial charge is 0.219 e. The molecule has 1 aromatic heterocycles. The molecule has 0 radical (unpaired) electrons. The Kier molecular flexibility index (Phi) is 4.45. The molecule has 1 aromatic carbocycles. The second kappa shape index (κ2) is 6.79. The zero-order valence-electron chi connectivity index (χ0n) is 15.3. The lowest BCUT2D eigenvalue weighted by Crippen LogP contribution is -2.48. The number of hydrogen-bond acceptors (Lipinski definition) is 4. The van der Waals surface area contributed by atoms with Gasteiger partial charge in [-0.15, -0.1) is 0 Å². The van der Waals surface area contributed by atoms with Crippen LogP contribution >= 0.6 is 0 Å². The van der Waals surface area contributed by atoms with E-state index in [0.717, 1.165) is 12.8 Å². The maximum absolute atomic E-state index is 14.9. The molecule has 1 aliphatic heterocycles. The molecule has 4 rings (SSSR count). The summed E-state index contributed by atoms with van der Waals surface area (Å²) in [5.74, 6) is -0.416. The Morgan fingerprint density at radius 2 is 1.93 bits per heavy atom. The van der Waals surface area contributed by atoms with Crippen molar-refractivity contribution in [2.24, 2.45) is 0 Å². The summed E-state index contributed by atoms with van der Waals surface area (Å²) < 4.78 is 16.9. The van der Waals surface area contributed by atoms with Crippen molar-refractivity contribution in [1.82, 2.24) is 9.47 Å². The summed E-state index contributed by atoms with van der Waals surface area (Å²) in [7, 11) is 0. The van der Waals surface area contributed by atoms with Gasteiger partial charge in [-0.1, -0.05) is 0 Å². The van der Waals surface area contributed by atoms with Gasteiger partial charge in [0.15, 0.2) is 5.43 Å². The molecule has 7 heteroatoms. The molecule has 1 saturated carbocycles. The third kappa shape index (κ3) is 3.22. The van der Waals surface area contributed by atoms with Gasteiger partial charge in [-0.2, -0.15) is 0 Å². The number of amides is 1. The second-order valence-corrected chi connectivity index (χ2v) is 7.31. The summed E-state index contributed by atoms with van der Waals surface area (Å²) in [6.45, 7) is 3.76. The van der Waals surface area contributed by atoms with E-state index in [9.17, 15) is 18.8 Å². The van der Waals surface area contributed by atoms with E-state index in [4.69, 9.17) is 0 Å². The van der Waals surface area contributed by atoms with Crippen molar-refractivity contribution in [3.05, 3.63) is 39.9 Å². The van der Waals surface area contributed by atoms with E-state index >= 15 is 0 Å². The molecule has 1 aliphatic carbocycles. The molecule has 2 heterocycles. The largest absolute Gasteiger partial charge is 0.366 e. The predicted molar refractivity (Wildman–Crippen MR) is 101 cm³/mol. The molecule has 2 aromatic rings. The Balaban J connectivity index is 1.78. The van der Waals surface area contributed by atoms with Crippen LogP contribution in [0.3, 0.4) is 0 Å². The van der Waals surface area contributed by atoms with E-state index in [1.54, 1.807) is 17.2 Å². The topological polar surface area (TPSA) is 62.6 Å². The summed E-state index contributed by atoms with van der Waals surface area (Å²) in [5.41, 5.74) is 1.30. The summed E-state index contributed by atoms with van der Waals surface area (Å²) in [6.07, 6.45) is 4.54. The molecule has 1 saturated heterocycles. The predicted octanol–water partition coefficient (Wildman–Crippen LogP) is 1.89. The van der Waals surface area contributed by atoms with Gasteiger partial charge in [-0.3, -0.25) is 9.59 Å². The number of rotatable bonds is 4. The highest BCUT2D eigenvalue weighted by Crippen LogP contribution is 2.38. The van der Waals surface area contributed by atoms with Crippen molar-refractivity contribution in [3.8, 4) is 0 Å². The first kappa shape index (κ1) is 17.7. The van der Waals surface area contributed by atoms with Gasteiger partial charge in [-0.25, -0.2) is 4.39 Å². The number of carbonyl (C=O) groups is 2. The third-order valence-corrected chi connectivity index (χ3v) is 5.48. The van der Waals surface area contributed by atoms with Gasteiger partial charge in [0.25, 0.3) is 0 Å². The molecule has 6 nitrogen and oxygen atoms in total. The Hall–Kier alpha value is -2.70. The van der Waals surface area contributed by atoms with Gasteiger partial charge >= 0.3 is 0 Å². The number of nitrogens with zero attached hydrogens (tertiary/aromatic N) is 3. The molecule has 1 amide bonds. The van der Waals surface area contributed by atoms with Crippen LogP contribution in [0.15, 0.2) is 23.1 Å². The summed E-state index contributed by atoms with van der Waals surface area (Å²) in [6, 6.07) is 3.35.